The molecule has 0 spiro atoms. The van der Waals surface area contributed by atoms with Gasteiger partial charge < -0.3 is 20.7 Å². The van der Waals surface area contributed by atoms with Gasteiger partial charge in [0.1, 0.15) is 6.10 Å². The number of ether oxygens (including phenoxy) is 1. The van der Waals surface area contributed by atoms with Crippen molar-refractivity contribution in [1.29, 1.82) is 0 Å². The van der Waals surface area contributed by atoms with Gasteiger partial charge in [0, 0.05) is 13.2 Å². The van der Waals surface area contributed by atoms with Gasteiger partial charge in [-0.3, -0.25) is 14.8 Å². The van der Waals surface area contributed by atoms with Crippen LogP contribution in [0.3, 0.4) is 0 Å². The third-order valence-corrected chi connectivity index (χ3v) is 3.31. The molecule has 7 nitrogen and oxygen atoms in total. The fourth-order valence-corrected chi connectivity index (χ4v) is 2.07. The first kappa shape index (κ1) is 22.6. The van der Waals surface area contributed by atoms with E-state index in [4.69, 9.17) is 4.74 Å². The number of hydrogen-bond donors (Lipinski definition) is 3. The number of aliphatic imine (C=N–C) groups is 1. The highest BCUT2D eigenvalue weighted by Crippen LogP contribution is 2.16. The smallest absolute Gasteiger partial charge is 0.243 e. The number of aromatic nitrogens is 1. The van der Waals surface area contributed by atoms with Crippen LogP contribution in [0.4, 0.5) is 10.1 Å². The van der Waals surface area contributed by atoms with Crippen molar-refractivity contribution in [1.82, 2.24) is 15.6 Å². The molecule has 2 aromatic rings. The minimum atomic E-state index is -0.408. The molecule has 0 aliphatic carbocycles. The lowest BCUT2D eigenvalue weighted by Gasteiger charge is -2.18. The highest BCUT2D eigenvalue weighted by Gasteiger charge is 2.09. The Morgan fingerprint density at radius 3 is 2.70 bits per heavy atom. The highest BCUT2D eigenvalue weighted by molar-refractivity contribution is 14.0. The zero-order chi connectivity index (χ0) is 18.8. The predicted octanol–water partition coefficient (Wildman–Crippen LogP) is 2.41. The third-order valence-electron chi connectivity index (χ3n) is 3.31. The summed E-state index contributed by atoms with van der Waals surface area (Å²) in [6.45, 7) is 2.23. The van der Waals surface area contributed by atoms with Gasteiger partial charge in [0.15, 0.2) is 17.5 Å². The van der Waals surface area contributed by atoms with Crippen molar-refractivity contribution in [2.24, 2.45) is 4.99 Å². The first-order valence-electron chi connectivity index (χ1n) is 8.14. The maximum absolute atomic E-state index is 13.6. The molecule has 1 unspecified atom stereocenters. The standard InChI is InChI=1S/C18H22FN5O2.HI/c1-13(26-16-8-4-3-7-15(16)19)10-22-18(20-2)23-12-17(25)24-14-6-5-9-21-11-14;/h3-9,11,13H,10,12H2,1-2H3,(H,24,25)(H2,20,22,23);1H. The molecule has 27 heavy (non-hydrogen) atoms. The van der Waals surface area contributed by atoms with E-state index in [1.807, 2.05) is 6.92 Å². The Morgan fingerprint density at radius 1 is 1.26 bits per heavy atom. The molecule has 1 aromatic heterocycles. The lowest BCUT2D eigenvalue weighted by Crippen LogP contribution is -2.44. The molecule has 0 bridgehead atoms. The number of pyridine rings is 1. The molecule has 1 amide bonds. The molecule has 1 aromatic carbocycles. The van der Waals surface area contributed by atoms with Crippen molar-refractivity contribution < 1.29 is 13.9 Å². The van der Waals surface area contributed by atoms with Gasteiger partial charge in [0.25, 0.3) is 0 Å². The van der Waals surface area contributed by atoms with Crippen LogP contribution in [0.1, 0.15) is 6.92 Å². The highest BCUT2D eigenvalue weighted by atomic mass is 127. The topological polar surface area (TPSA) is 87.6 Å². The van der Waals surface area contributed by atoms with E-state index in [2.05, 4.69) is 25.9 Å². The largest absolute Gasteiger partial charge is 0.486 e. The third kappa shape index (κ3) is 8.20. The number of nitrogens with one attached hydrogen (secondary N) is 3. The van der Waals surface area contributed by atoms with Crippen LogP contribution in [0.2, 0.25) is 0 Å². The molecule has 146 valence electrons. The fourth-order valence-electron chi connectivity index (χ4n) is 2.07. The van der Waals surface area contributed by atoms with Crippen molar-refractivity contribution in [3.05, 3.63) is 54.6 Å². The summed E-state index contributed by atoms with van der Waals surface area (Å²) in [5.41, 5.74) is 0.620. The van der Waals surface area contributed by atoms with Gasteiger partial charge in [0.05, 0.1) is 25.0 Å². The van der Waals surface area contributed by atoms with Crippen LogP contribution in [0.5, 0.6) is 5.75 Å². The van der Waals surface area contributed by atoms with Gasteiger partial charge >= 0.3 is 0 Å². The van der Waals surface area contributed by atoms with E-state index in [9.17, 15) is 9.18 Å². The van der Waals surface area contributed by atoms with E-state index in [0.717, 1.165) is 0 Å². The summed E-state index contributed by atoms with van der Waals surface area (Å²) in [5, 5.41) is 8.64. The molecule has 0 radical (unpaired) electrons. The van der Waals surface area contributed by atoms with Gasteiger partial charge in [-0.25, -0.2) is 4.39 Å². The van der Waals surface area contributed by atoms with Crippen LogP contribution in [0, 0.1) is 5.82 Å². The van der Waals surface area contributed by atoms with Crippen molar-refractivity contribution in [2.45, 2.75) is 13.0 Å². The zero-order valence-corrected chi connectivity index (χ0v) is 17.4. The monoisotopic (exact) mass is 487 g/mol. The number of hydrogen-bond acceptors (Lipinski definition) is 4. The van der Waals surface area contributed by atoms with Gasteiger partial charge in [-0.05, 0) is 31.2 Å². The number of nitrogens with zero attached hydrogens (tertiary/aromatic N) is 2. The Kier molecular flexibility index (Phi) is 10.1. The van der Waals surface area contributed by atoms with Crippen molar-refractivity contribution in [2.75, 3.05) is 25.5 Å². The second-order valence-corrected chi connectivity index (χ2v) is 5.46. The van der Waals surface area contributed by atoms with Crippen LogP contribution >= 0.6 is 24.0 Å². The molecular weight excluding hydrogens is 464 g/mol. The number of benzene rings is 1. The fraction of sp³-hybridized carbons (Fsp3) is 0.278. The molecule has 9 heteroatoms. The van der Waals surface area contributed by atoms with Gasteiger partial charge in [-0.2, -0.15) is 0 Å². The summed E-state index contributed by atoms with van der Waals surface area (Å²) in [6.07, 6.45) is 2.89. The second kappa shape index (κ2) is 12.0. The van der Waals surface area contributed by atoms with E-state index in [-0.39, 0.29) is 48.3 Å². The number of halogens is 2. The molecule has 1 heterocycles. The number of guanidine groups is 1. The number of carbonyl (C=O) groups excluding carboxylic acids is 1. The van der Waals surface area contributed by atoms with Crippen LogP contribution in [0.25, 0.3) is 0 Å². The Morgan fingerprint density at radius 2 is 2.04 bits per heavy atom. The Labute approximate surface area is 174 Å². The average Bonchev–Trinajstić information content (AvgIpc) is 2.64. The summed E-state index contributed by atoms with van der Waals surface area (Å²) in [6, 6.07) is 9.71. The molecule has 0 fully saturated rings. The quantitative estimate of drug-likeness (QED) is 0.317. The molecule has 0 saturated heterocycles. The first-order chi connectivity index (χ1) is 12.6. The number of rotatable bonds is 7. The van der Waals surface area contributed by atoms with Crippen LogP contribution in [-0.2, 0) is 4.79 Å². The normalized spacial score (nSPS) is 11.7. The maximum Gasteiger partial charge on any atom is 0.243 e. The lowest BCUT2D eigenvalue weighted by molar-refractivity contribution is -0.115. The summed E-state index contributed by atoms with van der Waals surface area (Å²) in [5.74, 6) is 0.00134. The number of para-hydroxylation sites is 1. The number of anilines is 1. The van der Waals surface area contributed by atoms with Crippen molar-refractivity contribution in [3.8, 4) is 5.75 Å². The molecule has 0 saturated carbocycles. The van der Waals surface area contributed by atoms with E-state index in [1.54, 1.807) is 49.8 Å². The second-order valence-electron chi connectivity index (χ2n) is 5.46. The minimum Gasteiger partial charge on any atom is -0.486 e. The Balaban J connectivity index is 0.00000364. The summed E-state index contributed by atoms with van der Waals surface area (Å²) in [4.78, 5) is 19.9. The predicted molar refractivity (Wildman–Crippen MR) is 114 cm³/mol. The Hall–Kier alpha value is -2.43. The summed E-state index contributed by atoms with van der Waals surface area (Å²) < 4.78 is 19.1. The summed E-state index contributed by atoms with van der Waals surface area (Å²) in [7, 11) is 1.59. The molecule has 2 rings (SSSR count). The minimum absolute atomic E-state index is 0. The molecular formula is C18H23FIN5O2. The van der Waals surface area contributed by atoms with Gasteiger partial charge in [-0.15, -0.1) is 24.0 Å². The molecule has 0 aliphatic heterocycles. The summed E-state index contributed by atoms with van der Waals surface area (Å²) >= 11 is 0. The molecule has 1 atom stereocenters. The van der Waals surface area contributed by atoms with E-state index < -0.39 is 5.82 Å². The van der Waals surface area contributed by atoms with Crippen molar-refractivity contribution in [3.63, 3.8) is 0 Å². The van der Waals surface area contributed by atoms with Crippen LogP contribution in [-0.4, -0.2) is 43.1 Å². The van der Waals surface area contributed by atoms with Crippen LogP contribution in [0.15, 0.2) is 53.8 Å². The SMILES string of the molecule is CN=C(NCC(=O)Nc1cccnc1)NCC(C)Oc1ccccc1F.I. The number of amides is 1. The average molecular weight is 487 g/mol. The van der Waals surface area contributed by atoms with E-state index >= 15 is 0 Å². The Bertz CT molecular complexity index is 746. The van der Waals surface area contributed by atoms with E-state index in [1.165, 1.54) is 6.07 Å². The first-order valence-corrected chi connectivity index (χ1v) is 8.14. The van der Waals surface area contributed by atoms with Gasteiger partial charge in [-0.1, -0.05) is 12.1 Å². The maximum atomic E-state index is 13.6. The molecule has 3 N–H and O–H groups in total. The van der Waals surface area contributed by atoms with E-state index in [0.29, 0.717) is 18.2 Å². The van der Waals surface area contributed by atoms with Crippen molar-refractivity contribution >= 4 is 41.5 Å². The van der Waals surface area contributed by atoms with Crippen LogP contribution < -0.4 is 20.7 Å². The lowest BCUT2D eigenvalue weighted by atomic mass is 10.3. The number of carbonyl (C=O) groups is 1. The molecule has 0 aliphatic rings. The van der Waals surface area contributed by atoms with Gasteiger partial charge in [0.2, 0.25) is 5.91 Å². The zero-order valence-electron chi connectivity index (χ0n) is 15.1.